The third kappa shape index (κ3) is 3.93. The number of rotatable bonds is 5. The number of pyridine rings is 1. The highest BCUT2D eigenvalue weighted by Gasteiger charge is 2.36. The Morgan fingerprint density at radius 2 is 1.86 bits per heavy atom. The molecule has 180 valence electrons. The number of carboxylic acids is 1. The molecule has 0 spiro atoms. The van der Waals surface area contributed by atoms with Crippen molar-refractivity contribution in [2.24, 2.45) is 10.9 Å². The van der Waals surface area contributed by atoms with E-state index in [0.29, 0.717) is 17.3 Å². The smallest absolute Gasteiger partial charge is 0.308 e. The summed E-state index contributed by atoms with van der Waals surface area (Å²) < 4.78 is 1.95. The van der Waals surface area contributed by atoms with Crippen molar-refractivity contribution in [2.75, 3.05) is 5.32 Å². The average molecular weight is 498 g/mol. The Kier molecular flexibility index (Phi) is 5.86. The number of nitrogens with zero attached hydrogens (tertiary/aromatic N) is 6. The molecule has 2 atom stereocenters. The predicted octanol–water partition coefficient (Wildman–Crippen LogP) is 4.88. The number of benzene rings is 1. The molecule has 10 heteroatoms. The van der Waals surface area contributed by atoms with Gasteiger partial charge in [-0.2, -0.15) is 5.26 Å². The van der Waals surface area contributed by atoms with Gasteiger partial charge in [-0.15, -0.1) is 21.5 Å². The molecule has 1 unspecified atom stereocenters. The lowest BCUT2D eigenvalue weighted by Gasteiger charge is -2.16. The van der Waals surface area contributed by atoms with Crippen molar-refractivity contribution < 1.29 is 9.90 Å². The fraction of sp³-hybridized carbons (Fsp3) is 0.231. The molecule has 0 amide bonds. The molecule has 9 nitrogen and oxygen atoms in total. The molecule has 36 heavy (non-hydrogen) atoms. The molecule has 0 radical (unpaired) electrons. The zero-order chi connectivity index (χ0) is 25.6. The Balaban J connectivity index is 1.60. The van der Waals surface area contributed by atoms with E-state index in [4.69, 9.17) is 10.3 Å². The van der Waals surface area contributed by atoms with Gasteiger partial charge in [-0.3, -0.25) is 14.4 Å². The van der Waals surface area contributed by atoms with Crippen LogP contribution in [0.2, 0.25) is 0 Å². The molecule has 4 heterocycles. The van der Waals surface area contributed by atoms with E-state index in [0.717, 1.165) is 43.7 Å². The molecule has 0 bridgehead atoms. The predicted molar refractivity (Wildman–Crippen MR) is 137 cm³/mol. The van der Waals surface area contributed by atoms with Crippen LogP contribution >= 0.6 is 11.3 Å². The van der Waals surface area contributed by atoms with Crippen LogP contribution in [-0.2, 0) is 4.79 Å². The van der Waals surface area contributed by atoms with Crippen molar-refractivity contribution in [3.63, 3.8) is 0 Å². The van der Waals surface area contributed by atoms with Crippen molar-refractivity contribution in [2.45, 2.75) is 33.7 Å². The van der Waals surface area contributed by atoms with Gasteiger partial charge in [-0.25, -0.2) is 4.98 Å². The van der Waals surface area contributed by atoms with Gasteiger partial charge in [-0.05, 0) is 57.5 Å². The fourth-order valence-corrected chi connectivity index (χ4v) is 5.44. The Morgan fingerprint density at radius 1 is 1.14 bits per heavy atom. The number of fused-ring (bicyclic) bond motifs is 3. The van der Waals surface area contributed by atoms with E-state index in [1.807, 2.05) is 41.8 Å². The van der Waals surface area contributed by atoms with Gasteiger partial charge in [-0.1, -0.05) is 12.1 Å². The van der Waals surface area contributed by atoms with Gasteiger partial charge >= 0.3 is 5.97 Å². The summed E-state index contributed by atoms with van der Waals surface area (Å²) in [5.74, 6) is -0.500. The summed E-state index contributed by atoms with van der Waals surface area (Å²) >= 11 is 1.63. The second kappa shape index (κ2) is 9.02. The van der Waals surface area contributed by atoms with E-state index in [1.165, 1.54) is 0 Å². The summed E-state index contributed by atoms with van der Waals surface area (Å²) in [5, 5.41) is 31.6. The van der Waals surface area contributed by atoms with E-state index in [9.17, 15) is 9.90 Å². The van der Waals surface area contributed by atoms with Gasteiger partial charge in [0.2, 0.25) is 0 Å². The largest absolute Gasteiger partial charge is 0.481 e. The van der Waals surface area contributed by atoms with Crippen LogP contribution in [0.4, 0.5) is 11.4 Å². The van der Waals surface area contributed by atoms with E-state index < -0.39 is 17.9 Å². The van der Waals surface area contributed by atoms with E-state index in [1.54, 1.807) is 36.6 Å². The van der Waals surface area contributed by atoms with Gasteiger partial charge in [0.1, 0.15) is 28.6 Å². The first kappa shape index (κ1) is 23.4. The SMILES string of the molecule is Cc1sc2c(c1C)C(c1ccc(Nc3ccc(C#N)nc3)cc1)=NC([C@H](C)C(=O)O)c1nnc(C)n1-2. The quantitative estimate of drug-likeness (QED) is 0.402. The first-order valence-electron chi connectivity index (χ1n) is 11.3. The summed E-state index contributed by atoms with van der Waals surface area (Å²) in [4.78, 5) is 22.3. The molecule has 0 saturated carbocycles. The van der Waals surface area contributed by atoms with E-state index in [-0.39, 0.29) is 0 Å². The molecule has 1 aliphatic heterocycles. The van der Waals surface area contributed by atoms with Crippen LogP contribution in [0.1, 0.15) is 51.9 Å². The van der Waals surface area contributed by atoms with Crippen LogP contribution in [-0.4, -0.2) is 36.5 Å². The van der Waals surface area contributed by atoms with Crippen LogP contribution in [0.25, 0.3) is 5.00 Å². The lowest BCUT2D eigenvalue weighted by Crippen LogP contribution is -2.21. The first-order chi connectivity index (χ1) is 17.3. The summed E-state index contributed by atoms with van der Waals surface area (Å²) in [6.07, 6.45) is 1.61. The number of aliphatic carboxylic acids is 1. The van der Waals surface area contributed by atoms with E-state index in [2.05, 4.69) is 34.3 Å². The molecule has 4 aromatic rings. The molecular formula is C26H23N7O2S. The molecule has 1 aliphatic rings. The van der Waals surface area contributed by atoms with Crippen LogP contribution in [0.3, 0.4) is 0 Å². The zero-order valence-corrected chi connectivity index (χ0v) is 21.0. The lowest BCUT2D eigenvalue weighted by atomic mass is 9.98. The van der Waals surface area contributed by atoms with Crippen LogP contribution in [0.15, 0.2) is 47.6 Å². The molecular weight excluding hydrogens is 474 g/mol. The summed E-state index contributed by atoms with van der Waals surface area (Å²) in [6, 6.07) is 12.6. The standard InChI is InChI=1S/C26H23N7O2S/c1-13-15(3)36-25-21(13)23(30-22(14(2)26(34)35)24-32-31-16(4)33(24)25)17-5-7-18(8-6-17)29-20-10-9-19(11-27)28-12-20/h5-10,12,14,22,29H,1-4H3,(H,34,35)/t14-,22?/m0/s1. The third-order valence-electron chi connectivity index (χ3n) is 6.38. The number of aromatic nitrogens is 4. The second-order valence-electron chi connectivity index (χ2n) is 8.70. The number of nitriles is 1. The van der Waals surface area contributed by atoms with Crippen molar-refractivity contribution in [3.05, 3.63) is 81.5 Å². The maximum atomic E-state index is 12.0. The van der Waals surface area contributed by atoms with Gasteiger partial charge < -0.3 is 10.4 Å². The normalized spacial score (nSPS) is 15.2. The van der Waals surface area contributed by atoms with Crippen LogP contribution in [0.5, 0.6) is 0 Å². The second-order valence-corrected chi connectivity index (χ2v) is 9.90. The Hall–Kier alpha value is -4.36. The summed E-state index contributed by atoms with van der Waals surface area (Å²) in [7, 11) is 0. The summed E-state index contributed by atoms with van der Waals surface area (Å²) in [6.45, 7) is 7.66. The fourth-order valence-electron chi connectivity index (χ4n) is 4.23. The maximum Gasteiger partial charge on any atom is 0.308 e. The molecule has 3 aromatic heterocycles. The molecule has 1 aromatic carbocycles. The Morgan fingerprint density at radius 3 is 2.50 bits per heavy atom. The molecule has 5 rings (SSSR count). The molecule has 2 N–H and O–H groups in total. The minimum atomic E-state index is -0.941. The average Bonchev–Trinajstić information content (AvgIpc) is 3.34. The highest BCUT2D eigenvalue weighted by Crippen LogP contribution is 2.40. The number of aliphatic imine (C=N–C) groups is 1. The van der Waals surface area contributed by atoms with Crippen LogP contribution < -0.4 is 5.32 Å². The van der Waals surface area contributed by atoms with Gasteiger partial charge in [0.05, 0.1) is 23.5 Å². The van der Waals surface area contributed by atoms with Crippen molar-refractivity contribution >= 4 is 34.4 Å². The third-order valence-corrected chi connectivity index (χ3v) is 7.57. The minimum absolute atomic E-state index is 0.357. The van der Waals surface area contributed by atoms with Crippen LogP contribution in [0, 0.1) is 38.0 Å². The Labute approximate surface area is 211 Å². The lowest BCUT2D eigenvalue weighted by molar-refractivity contribution is -0.141. The van der Waals surface area contributed by atoms with Crippen molar-refractivity contribution in [3.8, 4) is 11.1 Å². The number of carbonyl (C=O) groups is 1. The first-order valence-corrected chi connectivity index (χ1v) is 12.2. The number of carboxylic acid groups (broad SMARTS) is 1. The van der Waals surface area contributed by atoms with Crippen molar-refractivity contribution in [1.29, 1.82) is 5.26 Å². The Bertz CT molecular complexity index is 1540. The summed E-state index contributed by atoms with van der Waals surface area (Å²) in [5.41, 5.74) is 5.65. The number of hydrogen-bond donors (Lipinski definition) is 2. The number of thiophene rings is 1. The van der Waals surface area contributed by atoms with Gasteiger partial charge in [0.25, 0.3) is 0 Å². The monoisotopic (exact) mass is 497 g/mol. The molecule has 0 fully saturated rings. The maximum absolute atomic E-state index is 12.0. The van der Waals surface area contributed by atoms with Crippen molar-refractivity contribution in [1.82, 2.24) is 19.7 Å². The van der Waals surface area contributed by atoms with Gasteiger partial charge in [0.15, 0.2) is 5.82 Å². The highest BCUT2D eigenvalue weighted by atomic mass is 32.1. The van der Waals surface area contributed by atoms with Gasteiger partial charge in [0, 0.05) is 21.7 Å². The number of hydrogen-bond acceptors (Lipinski definition) is 8. The highest BCUT2D eigenvalue weighted by molar-refractivity contribution is 7.15. The number of aryl methyl sites for hydroxylation is 2. The molecule has 0 aliphatic carbocycles. The number of nitrogens with one attached hydrogen (secondary N) is 1. The van der Waals surface area contributed by atoms with E-state index >= 15 is 0 Å². The topological polar surface area (TPSA) is 129 Å². The minimum Gasteiger partial charge on any atom is -0.481 e. The zero-order valence-electron chi connectivity index (χ0n) is 20.1. The number of anilines is 2. The molecule has 0 saturated heterocycles.